The Morgan fingerprint density at radius 3 is 2.00 bits per heavy atom. The number of carbonyl (C=O) groups excluding carboxylic acids is 3. The van der Waals surface area contributed by atoms with Crippen molar-refractivity contribution in [1.82, 2.24) is 5.06 Å². The highest BCUT2D eigenvalue weighted by atomic mass is 16.7. The molecule has 0 atom stereocenters. The smallest absolute Gasteiger partial charge is 0.324 e. The first-order valence-corrected chi connectivity index (χ1v) is 8.42. The van der Waals surface area contributed by atoms with Crippen LogP contribution in [0.1, 0.15) is 36.6 Å². The lowest BCUT2D eigenvalue weighted by atomic mass is 9.98. The number of rotatable bonds is 3. The molecule has 0 fully saturated rings. The summed E-state index contributed by atoms with van der Waals surface area (Å²) in [5, 5.41) is 0.523. The molecule has 0 aromatic heterocycles. The molecule has 0 spiro atoms. The normalized spacial score (nSPS) is 12.9. The molecule has 0 aliphatic carbocycles. The Morgan fingerprint density at radius 1 is 0.778 bits per heavy atom. The van der Waals surface area contributed by atoms with Crippen LogP contribution in [0.15, 0.2) is 72.8 Å². The number of hydrogen-bond donors (Lipinski definition) is 0. The number of amides is 2. The first kappa shape index (κ1) is 16.7. The van der Waals surface area contributed by atoms with Gasteiger partial charge in [0.25, 0.3) is 11.8 Å². The van der Waals surface area contributed by atoms with E-state index >= 15 is 0 Å². The Kier molecular flexibility index (Phi) is 4.05. The molecule has 0 saturated carbocycles. The number of carbonyl (C=O) groups is 3. The molecule has 3 aromatic carbocycles. The molecule has 1 aliphatic rings. The van der Waals surface area contributed by atoms with Crippen LogP contribution in [-0.2, 0) is 4.84 Å². The van der Waals surface area contributed by atoms with E-state index in [0.29, 0.717) is 5.06 Å². The average Bonchev–Trinajstić information content (AvgIpc) is 2.94. The molecular formula is C22H15NO4. The molecule has 0 unspecified atom stereocenters. The summed E-state index contributed by atoms with van der Waals surface area (Å²) in [6, 6.07) is 21.1. The molecule has 4 rings (SSSR count). The van der Waals surface area contributed by atoms with Crippen molar-refractivity contribution in [2.24, 2.45) is 0 Å². The summed E-state index contributed by atoms with van der Waals surface area (Å²) in [5.74, 6) is -2.04. The van der Waals surface area contributed by atoms with Crippen molar-refractivity contribution in [3.63, 3.8) is 0 Å². The van der Waals surface area contributed by atoms with Crippen LogP contribution in [0.25, 0.3) is 11.1 Å². The number of nitrogens with zero attached hydrogens (tertiary/aromatic N) is 1. The first-order valence-electron chi connectivity index (χ1n) is 8.42. The van der Waals surface area contributed by atoms with Gasteiger partial charge in [0, 0.05) is 0 Å². The van der Waals surface area contributed by atoms with E-state index in [2.05, 4.69) is 0 Å². The Hall–Kier alpha value is -3.73. The Labute approximate surface area is 155 Å². The molecule has 2 amide bonds. The van der Waals surface area contributed by atoms with Gasteiger partial charge in [-0.15, -0.1) is 0 Å². The van der Waals surface area contributed by atoms with Crippen LogP contribution in [0.5, 0.6) is 0 Å². The third-order valence-corrected chi connectivity index (χ3v) is 4.49. The van der Waals surface area contributed by atoms with Crippen molar-refractivity contribution in [1.29, 1.82) is 0 Å². The van der Waals surface area contributed by atoms with Crippen molar-refractivity contribution in [3.8, 4) is 11.1 Å². The van der Waals surface area contributed by atoms with Crippen LogP contribution >= 0.6 is 0 Å². The lowest BCUT2D eigenvalue weighted by Gasteiger charge is -2.14. The maximum atomic E-state index is 12.6. The fourth-order valence-electron chi connectivity index (χ4n) is 3.06. The van der Waals surface area contributed by atoms with E-state index in [1.54, 1.807) is 30.3 Å². The third-order valence-electron chi connectivity index (χ3n) is 4.49. The Morgan fingerprint density at radius 2 is 1.37 bits per heavy atom. The largest absolute Gasteiger partial charge is 0.363 e. The lowest BCUT2D eigenvalue weighted by Crippen LogP contribution is -2.32. The second-order valence-corrected chi connectivity index (χ2v) is 6.22. The molecule has 3 aromatic rings. The van der Waals surface area contributed by atoms with Gasteiger partial charge < -0.3 is 4.84 Å². The van der Waals surface area contributed by atoms with Gasteiger partial charge in [0.05, 0.1) is 16.7 Å². The monoisotopic (exact) mass is 357 g/mol. The van der Waals surface area contributed by atoms with E-state index in [1.165, 1.54) is 12.1 Å². The number of hydrogen-bond acceptors (Lipinski definition) is 4. The minimum Gasteiger partial charge on any atom is -0.324 e. The van der Waals surface area contributed by atoms with Crippen molar-refractivity contribution in [3.05, 3.63) is 95.1 Å². The van der Waals surface area contributed by atoms with Crippen molar-refractivity contribution >= 4 is 17.8 Å². The number of benzene rings is 3. The average molecular weight is 357 g/mol. The maximum absolute atomic E-state index is 12.6. The van der Waals surface area contributed by atoms with E-state index in [4.69, 9.17) is 4.84 Å². The van der Waals surface area contributed by atoms with Crippen molar-refractivity contribution in [2.45, 2.75) is 6.92 Å². The number of hydroxylamine groups is 2. The molecule has 1 aliphatic heterocycles. The molecule has 0 bridgehead atoms. The molecule has 0 N–H and O–H groups in total. The second-order valence-electron chi connectivity index (χ2n) is 6.22. The third kappa shape index (κ3) is 2.89. The van der Waals surface area contributed by atoms with Gasteiger partial charge in [-0.2, -0.15) is 0 Å². The maximum Gasteiger partial charge on any atom is 0.363 e. The second kappa shape index (κ2) is 6.53. The number of aryl methyl sites for hydroxylation is 1. The fourth-order valence-corrected chi connectivity index (χ4v) is 3.06. The quantitative estimate of drug-likeness (QED) is 0.664. The zero-order valence-corrected chi connectivity index (χ0v) is 14.5. The van der Waals surface area contributed by atoms with Crippen LogP contribution in [0, 0.1) is 6.92 Å². The molecule has 0 radical (unpaired) electrons. The van der Waals surface area contributed by atoms with Gasteiger partial charge in [-0.25, -0.2) is 4.79 Å². The molecule has 27 heavy (non-hydrogen) atoms. The van der Waals surface area contributed by atoms with Gasteiger partial charge in [-0.05, 0) is 47.9 Å². The van der Waals surface area contributed by atoms with Gasteiger partial charge in [-0.1, -0.05) is 53.6 Å². The summed E-state index contributed by atoms with van der Waals surface area (Å²) >= 11 is 0. The van der Waals surface area contributed by atoms with Crippen LogP contribution < -0.4 is 0 Å². The van der Waals surface area contributed by atoms with Gasteiger partial charge >= 0.3 is 5.97 Å². The summed E-state index contributed by atoms with van der Waals surface area (Å²) in [7, 11) is 0. The zero-order chi connectivity index (χ0) is 19.0. The van der Waals surface area contributed by atoms with Crippen LogP contribution in [0.4, 0.5) is 0 Å². The highest BCUT2D eigenvalue weighted by Gasteiger charge is 2.38. The summed E-state index contributed by atoms with van der Waals surface area (Å²) in [5.41, 5.74) is 3.56. The van der Waals surface area contributed by atoms with Gasteiger partial charge in [0.2, 0.25) is 0 Å². The minimum atomic E-state index is -0.762. The first-order chi connectivity index (χ1) is 13.1. The summed E-state index contributed by atoms with van der Waals surface area (Å²) in [6.07, 6.45) is 0. The summed E-state index contributed by atoms with van der Waals surface area (Å²) in [6.45, 7) is 1.95. The predicted molar refractivity (Wildman–Crippen MR) is 99.0 cm³/mol. The predicted octanol–water partition coefficient (Wildman–Crippen LogP) is 4.03. The number of imide groups is 1. The number of fused-ring (bicyclic) bond motifs is 1. The summed E-state index contributed by atoms with van der Waals surface area (Å²) < 4.78 is 0. The van der Waals surface area contributed by atoms with Crippen molar-refractivity contribution in [2.75, 3.05) is 0 Å². The highest BCUT2D eigenvalue weighted by molar-refractivity contribution is 6.21. The topological polar surface area (TPSA) is 63.7 Å². The van der Waals surface area contributed by atoms with Gasteiger partial charge in [0.1, 0.15) is 0 Å². The molecule has 1 heterocycles. The van der Waals surface area contributed by atoms with E-state index < -0.39 is 17.8 Å². The van der Waals surface area contributed by atoms with E-state index in [9.17, 15) is 14.4 Å². The molecule has 132 valence electrons. The molecule has 5 nitrogen and oxygen atoms in total. The SMILES string of the molecule is Cc1ccc(C(=O)ON2C(=O)c3ccccc3C2=O)cc1-c1ccccc1. The Balaban J connectivity index is 1.62. The van der Waals surface area contributed by atoms with Gasteiger partial charge in [-0.3, -0.25) is 9.59 Å². The summed E-state index contributed by atoms with van der Waals surface area (Å²) in [4.78, 5) is 42.4. The molecule has 5 heteroatoms. The fraction of sp³-hybridized carbons (Fsp3) is 0.0455. The Bertz CT molecular complexity index is 1040. The van der Waals surface area contributed by atoms with E-state index in [-0.39, 0.29) is 16.7 Å². The lowest BCUT2D eigenvalue weighted by molar-refractivity contribution is -0.0584. The minimum absolute atomic E-state index is 0.226. The highest BCUT2D eigenvalue weighted by Crippen LogP contribution is 2.26. The van der Waals surface area contributed by atoms with Crippen LogP contribution in [-0.4, -0.2) is 22.8 Å². The van der Waals surface area contributed by atoms with E-state index in [0.717, 1.165) is 16.7 Å². The van der Waals surface area contributed by atoms with E-state index in [1.807, 2.05) is 37.3 Å². The van der Waals surface area contributed by atoms with Crippen molar-refractivity contribution < 1.29 is 19.2 Å². The van der Waals surface area contributed by atoms with Gasteiger partial charge in [0.15, 0.2) is 0 Å². The molecule has 0 saturated heterocycles. The van der Waals surface area contributed by atoms with Crippen LogP contribution in [0.3, 0.4) is 0 Å². The van der Waals surface area contributed by atoms with Crippen LogP contribution in [0.2, 0.25) is 0 Å². The zero-order valence-electron chi connectivity index (χ0n) is 14.5. The molecular weight excluding hydrogens is 342 g/mol. The standard InChI is InChI=1S/C22H15NO4/c1-14-11-12-16(13-19(14)15-7-3-2-4-8-15)22(26)27-23-20(24)17-9-5-6-10-18(17)21(23)25/h2-13H,1H3.